The molecule has 0 fully saturated rings. The number of aromatic nitrogens is 1. The van der Waals surface area contributed by atoms with Crippen molar-refractivity contribution in [1.29, 1.82) is 0 Å². The summed E-state index contributed by atoms with van der Waals surface area (Å²) in [6.45, 7) is 5.78. The lowest BCUT2D eigenvalue weighted by Gasteiger charge is -2.13. The molecule has 1 N–H and O–H groups in total. The standard InChI is InChI=1S/C15H20N2O3/c1-4-19-14-7-5-6-12(15(14)18-3)9-16-10-13-8-11(2)20-17-13/h5-8,16H,4,9-10H2,1-3H3. The number of hydrogen-bond donors (Lipinski definition) is 1. The summed E-state index contributed by atoms with van der Waals surface area (Å²) < 4.78 is 16.0. The van der Waals surface area contributed by atoms with Crippen LogP contribution < -0.4 is 14.8 Å². The van der Waals surface area contributed by atoms with Gasteiger partial charge in [-0.3, -0.25) is 0 Å². The van der Waals surface area contributed by atoms with Gasteiger partial charge >= 0.3 is 0 Å². The number of nitrogens with one attached hydrogen (secondary N) is 1. The van der Waals surface area contributed by atoms with Gasteiger partial charge in [-0.2, -0.15) is 0 Å². The Balaban J connectivity index is 1.99. The van der Waals surface area contributed by atoms with Crippen molar-refractivity contribution in [2.75, 3.05) is 13.7 Å². The molecule has 0 radical (unpaired) electrons. The van der Waals surface area contributed by atoms with Gasteiger partial charge in [-0.25, -0.2) is 0 Å². The summed E-state index contributed by atoms with van der Waals surface area (Å²) in [6.07, 6.45) is 0. The van der Waals surface area contributed by atoms with Crippen molar-refractivity contribution in [1.82, 2.24) is 10.5 Å². The number of hydrogen-bond acceptors (Lipinski definition) is 5. The minimum Gasteiger partial charge on any atom is -0.493 e. The highest BCUT2D eigenvalue weighted by atomic mass is 16.5. The van der Waals surface area contributed by atoms with E-state index in [1.165, 1.54) is 0 Å². The van der Waals surface area contributed by atoms with E-state index in [2.05, 4.69) is 10.5 Å². The number of ether oxygens (including phenoxy) is 2. The summed E-state index contributed by atoms with van der Waals surface area (Å²) >= 11 is 0. The fourth-order valence-corrected chi connectivity index (χ4v) is 2.03. The second kappa shape index (κ2) is 6.96. The van der Waals surface area contributed by atoms with Crippen LogP contribution in [-0.2, 0) is 13.1 Å². The summed E-state index contributed by atoms with van der Waals surface area (Å²) in [5.74, 6) is 2.36. The third kappa shape index (κ3) is 3.51. The molecule has 108 valence electrons. The molecule has 0 aliphatic rings. The van der Waals surface area contributed by atoms with Gasteiger partial charge in [0.05, 0.1) is 19.4 Å². The number of para-hydroxylation sites is 1. The molecule has 0 saturated heterocycles. The van der Waals surface area contributed by atoms with Gasteiger partial charge in [0.2, 0.25) is 0 Å². The van der Waals surface area contributed by atoms with Gasteiger partial charge in [-0.1, -0.05) is 17.3 Å². The van der Waals surface area contributed by atoms with Crippen LogP contribution in [0, 0.1) is 6.92 Å². The quantitative estimate of drug-likeness (QED) is 0.842. The average Bonchev–Trinajstić information content (AvgIpc) is 2.85. The SMILES string of the molecule is CCOc1cccc(CNCc2cc(C)on2)c1OC. The number of benzene rings is 1. The summed E-state index contributed by atoms with van der Waals surface area (Å²) in [4.78, 5) is 0. The number of rotatable bonds is 7. The van der Waals surface area contributed by atoms with Crippen molar-refractivity contribution in [2.45, 2.75) is 26.9 Å². The molecule has 20 heavy (non-hydrogen) atoms. The Hall–Kier alpha value is -2.01. The Bertz CT molecular complexity index is 552. The van der Waals surface area contributed by atoms with Crippen LogP contribution in [0.5, 0.6) is 11.5 Å². The highest BCUT2D eigenvalue weighted by Crippen LogP contribution is 2.30. The molecule has 1 heterocycles. The van der Waals surface area contributed by atoms with Gasteiger partial charge < -0.3 is 19.3 Å². The van der Waals surface area contributed by atoms with Crippen LogP contribution in [-0.4, -0.2) is 18.9 Å². The monoisotopic (exact) mass is 276 g/mol. The van der Waals surface area contributed by atoms with Crippen LogP contribution >= 0.6 is 0 Å². The van der Waals surface area contributed by atoms with Gasteiger partial charge in [-0.05, 0) is 19.9 Å². The molecule has 0 spiro atoms. The minimum absolute atomic E-state index is 0.617. The molecular formula is C15H20N2O3. The molecule has 2 aromatic rings. The topological polar surface area (TPSA) is 56.5 Å². The number of methoxy groups -OCH3 is 1. The van der Waals surface area contributed by atoms with E-state index in [0.717, 1.165) is 28.5 Å². The fourth-order valence-electron chi connectivity index (χ4n) is 2.03. The van der Waals surface area contributed by atoms with Crippen LogP contribution in [0.15, 0.2) is 28.8 Å². The van der Waals surface area contributed by atoms with E-state index in [1.54, 1.807) is 7.11 Å². The van der Waals surface area contributed by atoms with Gasteiger partial charge in [-0.15, -0.1) is 0 Å². The molecule has 5 nitrogen and oxygen atoms in total. The molecule has 0 bridgehead atoms. The van der Waals surface area contributed by atoms with E-state index in [9.17, 15) is 0 Å². The van der Waals surface area contributed by atoms with Crippen LogP contribution in [0.3, 0.4) is 0 Å². The smallest absolute Gasteiger partial charge is 0.165 e. The molecule has 0 saturated carbocycles. The largest absolute Gasteiger partial charge is 0.493 e. The molecule has 0 aliphatic heterocycles. The lowest BCUT2D eigenvalue weighted by atomic mass is 10.2. The van der Waals surface area contributed by atoms with Crippen LogP contribution in [0.25, 0.3) is 0 Å². The molecule has 1 aromatic carbocycles. The van der Waals surface area contributed by atoms with Crippen LogP contribution in [0.2, 0.25) is 0 Å². The maximum atomic E-state index is 5.56. The third-order valence-corrected chi connectivity index (χ3v) is 2.86. The molecule has 0 atom stereocenters. The molecule has 5 heteroatoms. The maximum Gasteiger partial charge on any atom is 0.165 e. The van der Waals surface area contributed by atoms with Crippen LogP contribution in [0.1, 0.15) is 23.9 Å². The molecule has 0 unspecified atom stereocenters. The van der Waals surface area contributed by atoms with Gasteiger partial charge in [0.25, 0.3) is 0 Å². The number of aryl methyl sites for hydroxylation is 1. The lowest BCUT2D eigenvalue weighted by molar-refractivity contribution is 0.308. The lowest BCUT2D eigenvalue weighted by Crippen LogP contribution is -2.14. The zero-order valence-electron chi connectivity index (χ0n) is 12.1. The predicted molar refractivity (Wildman–Crippen MR) is 75.9 cm³/mol. The van der Waals surface area contributed by atoms with Gasteiger partial charge in [0.15, 0.2) is 11.5 Å². The van der Waals surface area contributed by atoms with Crippen molar-refractivity contribution in [3.8, 4) is 11.5 Å². The normalized spacial score (nSPS) is 10.6. The van der Waals surface area contributed by atoms with E-state index < -0.39 is 0 Å². The van der Waals surface area contributed by atoms with Crippen molar-refractivity contribution < 1.29 is 14.0 Å². The first-order valence-electron chi connectivity index (χ1n) is 6.66. The second-order valence-corrected chi connectivity index (χ2v) is 4.41. The highest BCUT2D eigenvalue weighted by Gasteiger charge is 2.09. The van der Waals surface area contributed by atoms with Crippen molar-refractivity contribution in [3.05, 3.63) is 41.3 Å². The Labute approximate surface area is 118 Å². The predicted octanol–water partition coefficient (Wildman–Crippen LogP) is 2.68. The molecule has 2 rings (SSSR count). The van der Waals surface area contributed by atoms with Crippen molar-refractivity contribution in [2.24, 2.45) is 0 Å². The van der Waals surface area contributed by atoms with E-state index >= 15 is 0 Å². The fraction of sp³-hybridized carbons (Fsp3) is 0.400. The Morgan fingerprint density at radius 3 is 2.80 bits per heavy atom. The molecular weight excluding hydrogens is 256 g/mol. The van der Waals surface area contributed by atoms with E-state index in [4.69, 9.17) is 14.0 Å². The molecule has 0 aliphatic carbocycles. The molecule has 0 amide bonds. The summed E-state index contributed by atoms with van der Waals surface area (Å²) in [7, 11) is 1.66. The Kier molecular flexibility index (Phi) is 5.01. The van der Waals surface area contributed by atoms with Crippen molar-refractivity contribution in [3.63, 3.8) is 0 Å². The Morgan fingerprint density at radius 2 is 2.15 bits per heavy atom. The van der Waals surface area contributed by atoms with Gasteiger partial charge in [0.1, 0.15) is 5.76 Å². The zero-order chi connectivity index (χ0) is 14.4. The summed E-state index contributed by atoms with van der Waals surface area (Å²) in [5.41, 5.74) is 1.95. The maximum absolute atomic E-state index is 5.56. The number of nitrogens with zero attached hydrogens (tertiary/aromatic N) is 1. The zero-order valence-corrected chi connectivity index (χ0v) is 12.1. The van der Waals surface area contributed by atoms with E-state index in [1.807, 2.05) is 38.1 Å². The van der Waals surface area contributed by atoms with Crippen LogP contribution in [0.4, 0.5) is 0 Å². The average molecular weight is 276 g/mol. The first-order chi connectivity index (χ1) is 9.74. The van der Waals surface area contributed by atoms with Gasteiger partial charge in [0, 0.05) is 24.7 Å². The first-order valence-corrected chi connectivity index (χ1v) is 6.66. The highest BCUT2D eigenvalue weighted by molar-refractivity contribution is 5.46. The summed E-state index contributed by atoms with van der Waals surface area (Å²) in [5, 5.41) is 7.26. The van der Waals surface area contributed by atoms with E-state index in [0.29, 0.717) is 19.7 Å². The van der Waals surface area contributed by atoms with Crippen molar-refractivity contribution >= 4 is 0 Å². The third-order valence-electron chi connectivity index (χ3n) is 2.86. The second-order valence-electron chi connectivity index (χ2n) is 4.41. The Morgan fingerprint density at radius 1 is 1.30 bits per heavy atom. The molecule has 1 aromatic heterocycles. The first kappa shape index (κ1) is 14.4. The van der Waals surface area contributed by atoms with E-state index in [-0.39, 0.29) is 0 Å². The minimum atomic E-state index is 0.617. The summed E-state index contributed by atoms with van der Waals surface area (Å²) in [6, 6.07) is 7.81.